The Labute approximate surface area is 117 Å². The second kappa shape index (κ2) is 7.65. The van der Waals surface area contributed by atoms with E-state index in [0.717, 1.165) is 18.4 Å². The van der Waals surface area contributed by atoms with Gasteiger partial charge in [-0.2, -0.15) is 8.78 Å². The number of hydrogen-bond donors (Lipinski definition) is 1. The summed E-state index contributed by atoms with van der Waals surface area (Å²) >= 11 is 0.560. The van der Waals surface area contributed by atoms with E-state index in [9.17, 15) is 13.9 Å². The molecule has 0 aromatic heterocycles. The Bertz CT molecular complexity index is 390. The number of aliphatic hydroxyl groups excluding tert-OH is 1. The normalized spacial score (nSPS) is 13.3. The van der Waals surface area contributed by atoms with Crippen LogP contribution in [0.3, 0.4) is 0 Å². The highest BCUT2D eigenvalue weighted by molar-refractivity contribution is 8.00. The summed E-state index contributed by atoms with van der Waals surface area (Å²) in [5.41, 5.74) is 0.772. The Hall–Kier alpha value is -0.870. The van der Waals surface area contributed by atoms with E-state index in [0.29, 0.717) is 23.1 Å². The minimum Gasteiger partial charge on any atom is -0.388 e. The highest BCUT2D eigenvalue weighted by Gasteiger charge is 2.27. The molecule has 1 aromatic rings. The number of thioether (sulfide) groups is 1. The molecule has 1 aromatic carbocycles. The zero-order valence-electron chi connectivity index (χ0n) is 11.1. The molecule has 0 unspecified atom stereocenters. The van der Waals surface area contributed by atoms with Gasteiger partial charge >= 0.3 is 0 Å². The minimum atomic E-state index is -2.73. The van der Waals surface area contributed by atoms with Crippen LogP contribution in [0.15, 0.2) is 41.8 Å². The molecule has 0 aliphatic heterocycles. The van der Waals surface area contributed by atoms with E-state index in [1.54, 1.807) is 24.3 Å². The lowest BCUT2D eigenvalue weighted by atomic mass is 10.0. The Balaban J connectivity index is 2.58. The van der Waals surface area contributed by atoms with Gasteiger partial charge in [0.2, 0.25) is 0 Å². The van der Waals surface area contributed by atoms with Crippen molar-refractivity contribution in [2.75, 3.05) is 0 Å². The third kappa shape index (κ3) is 5.74. The van der Waals surface area contributed by atoms with Crippen molar-refractivity contribution >= 4 is 11.8 Å². The van der Waals surface area contributed by atoms with Gasteiger partial charge in [-0.05, 0) is 37.0 Å². The van der Waals surface area contributed by atoms with Gasteiger partial charge in [-0.3, -0.25) is 0 Å². The Morgan fingerprint density at radius 1 is 1.37 bits per heavy atom. The predicted octanol–water partition coefficient (Wildman–Crippen LogP) is 5.17. The number of benzene rings is 1. The molecule has 0 spiro atoms. The van der Waals surface area contributed by atoms with Gasteiger partial charge in [-0.25, -0.2) is 0 Å². The number of halogens is 2. The monoisotopic (exact) mass is 286 g/mol. The van der Waals surface area contributed by atoms with Crippen molar-refractivity contribution in [1.82, 2.24) is 0 Å². The first-order valence-electron chi connectivity index (χ1n) is 6.44. The maximum atomic E-state index is 13.2. The Kier molecular flexibility index (Phi) is 6.52. The van der Waals surface area contributed by atoms with Gasteiger partial charge in [0.1, 0.15) is 0 Å². The second-order valence-electron chi connectivity index (χ2n) is 4.40. The van der Waals surface area contributed by atoms with Crippen LogP contribution in [0.1, 0.15) is 44.3 Å². The van der Waals surface area contributed by atoms with Gasteiger partial charge in [-0.1, -0.05) is 36.9 Å². The number of alkyl halides is 2. The third-order valence-electron chi connectivity index (χ3n) is 2.83. The number of allylic oxidation sites excluding steroid dienone is 1. The molecule has 0 fully saturated rings. The van der Waals surface area contributed by atoms with Gasteiger partial charge in [-0.15, -0.1) is 6.58 Å². The number of aliphatic hydroxyl groups is 1. The van der Waals surface area contributed by atoms with Crippen LogP contribution in [0.5, 0.6) is 0 Å². The van der Waals surface area contributed by atoms with Gasteiger partial charge in [0.25, 0.3) is 5.25 Å². The van der Waals surface area contributed by atoms with E-state index in [2.05, 4.69) is 6.58 Å². The van der Waals surface area contributed by atoms with Crippen LogP contribution in [-0.4, -0.2) is 10.4 Å². The molecule has 0 heterocycles. The maximum Gasteiger partial charge on any atom is 0.297 e. The van der Waals surface area contributed by atoms with Crippen molar-refractivity contribution in [3.63, 3.8) is 0 Å². The SMILES string of the molecule is C=CCCC[C@H](O)c1ccc(SC(F)(F)CC)cc1. The van der Waals surface area contributed by atoms with E-state index >= 15 is 0 Å². The van der Waals surface area contributed by atoms with Crippen LogP contribution in [-0.2, 0) is 0 Å². The largest absolute Gasteiger partial charge is 0.388 e. The molecular weight excluding hydrogens is 266 g/mol. The molecule has 19 heavy (non-hydrogen) atoms. The van der Waals surface area contributed by atoms with E-state index in [-0.39, 0.29) is 6.42 Å². The molecule has 0 aliphatic carbocycles. The molecular formula is C15H20F2OS. The zero-order valence-corrected chi connectivity index (χ0v) is 11.9. The highest BCUT2D eigenvalue weighted by atomic mass is 32.2. The van der Waals surface area contributed by atoms with Crippen LogP contribution < -0.4 is 0 Å². The summed E-state index contributed by atoms with van der Waals surface area (Å²) in [6.45, 7) is 5.09. The van der Waals surface area contributed by atoms with Crippen LogP contribution in [0, 0.1) is 0 Å². The quantitative estimate of drug-likeness (QED) is 0.404. The van der Waals surface area contributed by atoms with Gasteiger partial charge in [0.15, 0.2) is 0 Å². The molecule has 0 amide bonds. The Morgan fingerprint density at radius 2 is 2.00 bits per heavy atom. The van der Waals surface area contributed by atoms with E-state index < -0.39 is 11.4 Å². The molecule has 1 atom stereocenters. The van der Waals surface area contributed by atoms with Crippen molar-refractivity contribution in [2.45, 2.75) is 48.9 Å². The zero-order chi connectivity index (χ0) is 14.3. The van der Waals surface area contributed by atoms with E-state index in [4.69, 9.17) is 0 Å². The summed E-state index contributed by atoms with van der Waals surface area (Å²) in [4.78, 5) is 0.522. The summed E-state index contributed by atoms with van der Waals surface area (Å²) in [6, 6.07) is 6.71. The fourth-order valence-electron chi connectivity index (χ4n) is 1.62. The van der Waals surface area contributed by atoms with Crippen LogP contribution >= 0.6 is 11.8 Å². The topological polar surface area (TPSA) is 20.2 Å². The van der Waals surface area contributed by atoms with Crippen molar-refractivity contribution < 1.29 is 13.9 Å². The van der Waals surface area contributed by atoms with Gasteiger partial charge < -0.3 is 5.11 Å². The first-order valence-corrected chi connectivity index (χ1v) is 7.26. The molecule has 0 saturated carbocycles. The van der Waals surface area contributed by atoms with Crippen molar-refractivity contribution in [3.05, 3.63) is 42.5 Å². The maximum absolute atomic E-state index is 13.2. The summed E-state index contributed by atoms with van der Waals surface area (Å²) in [5, 5.41) is 7.20. The first-order chi connectivity index (χ1) is 8.98. The molecule has 1 nitrogen and oxygen atoms in total. The summed E-state index contributed by atoms with van der Waals surface area (Å²) in [5.74, 6) is 0. The van der Waals surface area contributed by atoms with E-state index in [1.165, 1.54) is 6.92 Å². The lowest BCUT2D eigenvalue weighted by molar-refractivity contribution is 0.102. The molecule has 0 radical (unpaired) electrons. The average molecular weight is 286 g/mol. The van der Waals surface area contributed by atoms with Gasteiger partial charge in [0.05, 0.1) is 6.10 Å². The molecule has 4 heteroatoms. The standard InChI is InChI=1S/C15H20F2OS/c1-3-5-6-7-14(18)12-8-10-13(11-9-12)19-15(16,17)4-2/h3,8-11,14,18H,1,4-7H2,2H3/t14-/m0/s1. The molecule has 0 saturated heterocycles. The lowest BCUT2D eigenvalue weighted by Gasteiger charge is -2.14. The van der Waals surface area contributed by atoms with Crippen molar-refractivity contribution in [1.29, 1.82) is 0 Å². The molecule has 0 bridgehead atoms. The molecule has 106 valence electrons. The predicted molar refractivity (Wildman–Crippen MR) is 76.5 cm³/mol. The summed E-state index contributed by atoms with van der Waals surface area (Å²) in [7, 11) is 0. The molecule has 0 aliphatic rings. The van der Waals surface area contributed by atoms with Crippen molar-refractivity contribution in [3.8, 4) is 0 Å². The summed E-state index contributed by atoms with van der Waals surface area (Å²) in [6.07, 6.45) is 3.49. The van der Waals surface area contributed by atoms with Crippen LogP contribution in [0.25, 0.3) is 0 Å². The fraction of sp³-hybridized carbons (Fsp3) is 0.467. The third-order valence-corrected chi connectivity index (χ3v) is 3.92. The summed E-state index contributed by atoms with van der Waals surface area (Å²) < 4.78 is 26.4. The Morgan fingerprint density at radius 3 is 2.53 bits per heavy atom. The molecule has 1 N–H and O–H groups in total. The highest BCUT2D eigenvalue weighted by Crippen LogP contribution is 2.38. The molecule has 1 rings (SSSR count). The number of unbranched alkanes of at least 4 members (excludes halogenated alkanes) is 1. The first kappa shape index (κ1) is 16.2. The number of rotatable bonds is 8. The second-order valence-corrected chi connectivity index (χ2v) is 5.67. The average Bonchev–Trinajstić information content (AvgIpc) is 2.39. The smallest absolute Gasteiger partial charge is 0.297 e. The number of hydrogen-bond acceptors (Lipinski definition) is 2. The minimum absolute atomic E-state index is 0.191. The van der Waals surface area contributed by atoms with E-state index in [1.807, 2.05) is 6.08 Å². The van der Waals surface area contributed by atoms with Crippen molar-refractivity contribution in [2.24, 2.45) is 0 Å². The van der Waals surface area contributed by atoms with Gasteiger partial charge in [0, 0.05) is 11.3 Å². The fourth-order valence-corrected chi connectivity index (χ4v) is 2.39. The van der Waals surface area contributed by atoms with Crippen LogP contribution in [0.2, 0.25) is 0 Å². The lowest BCUT2D eigenvalue weighted by Crippen LogP contribution is -2.07. The van der Waals surface area contributed by atoms with Crippen LogP contribution in [0.4, 0.5) is 8.78 Å².